The van der Waals surface area contributed by atoms with E-state index in [4.69, 9.17) is 23.8 Å². The second-order valence-corrected chi connectivity index (χ2v) is 7.05. The van der Waals surface area contributed by atoms with Crippen LogP contribution in [0.4, 0.5) is 15.8 Å². The van der Waals surface area contributed by atoms with Crippen LogP contribution in [0.1, 0.15) is 18.9 Å². The van der Waals surface area contributed by atoms with E-state index >= 15 is 0 Å². The zero-order chi connectivity index (χ0) is 17.8. The van der Waals surface area contributed by atoms with Gasteiger partial charge < -0.3 is 15.5 Å². The maximum Gasteiger partial charge on any atom is 0.170 e. The number of hydrogen-bond acceptors (Lipinski definition) is 2. The Morgan fingerprint density at radius 2 is 2.12 bits per heavy atom. The summed E-state index contributed by atoms with van der Waals surface area (Å²) in [6.07, 6.45) is 2.08. The van der Waals surface area contributed by atoms with Gasteiger partial charge in [-0.25, -0.2) is 4.39 Å². The van der Waals surface area contributed by atoms with Crippen LogP contribution >= 0.6 is 23.8 Å². The molecule has 1 aliphatic rings. The topological polar surface area (TPSA) is 27.3 Å². The molecule has 0 spiro atoms. The van der Waals surface area contributed by atoms with Gasteiger partial charge >= 0.3 is 0 Å². The van der Waals surface area contributed by atoms with E-state index in [-0.39, 0.29) is 5.02 Å². The van der Waals surface area contributed by atoms with Crippen molar-refractivity contribution in [3.8, 4) is 0 Å². The van der Waals surface area contributed by atoms with Gasteiger partial charge in [0.25, 0.3) is 0 Å². The minimum Gasteiger partial charge on any atom is -0.368 e. The molecule has 0 saturated carbocycles. The predicted molar refractivity (Wildman–Crippen MR) is 107 cm³/mol. The number of fused-ring (bicyclic) bond motifs is 1. The summed E-state index contributed by atoms with van der Waals surface area (Å²) in [5, 5.41) is 6.79. The van der Waals surface area contributed by atoms with Gasteiger partial charge in [-0.15, -0.1) is 0 Å². The van der Waals surface area contributed by atoms with Crippen LogP contribution in [-0.4, -0.2) is 24.2 Å². The molecule has 132 valence electrons. The Balaban J connectivity index is 1.44. The van der Waals surface area contributed by atoms with E-state index in [2.05, 4.69) is 46.7 Å². The molecule has 1 atom stereocenters. The highest BCUT2D eigenvalue weighted by atomic mass is 35.5. The van der Waals surface area contributed by atoms with E-state index in [1.807, 2.05) is 0 Å². The minimum absolute atomic E-state index is 0.0782. The van der Waals surface area contributed by atoms with Crippen molar-refractivity contribution in [2.24, 2.45) is 0 Å². The number of nitrogens with zero attached hydrogens (tertiary/aromatic N) is 1. The average Bonchev–Trinajstić information content (AvgIpc) is 2.90. The summed E-state index contributed by atoms with van der Waals surface area (Å²) in [6, 6.07) is 13.6. The molecule has 0 bridgehead atoms. The van der Waals surface area contributed by atoms with Gasteiger partial charge in [-0.1, -0.05) is 29.8 Å². The highest BCUT2D eigenvalue weighted by molar-refractivity contribution is 7.80. The van der Waals surface area contributed by atoms with Gasteiger partial charge in [-0.2, -0.15) is 0 Å². The van der Waals surface area contributed by atoms with Gasteiger partial charge in [0.1, 0.15) is 5.82 Å². The van der Waals surface area contributed by atoms with Gasteiger partial charge in [-0.05, 0) is 61.8 Å². The summed E-state index contributed by atoms with van der Waals surface area (Å²) < 4.78 is 13.2. The van der Waals surface area contributed by atoms with E-state index in [1.54, 1.807) is 6.07 Å². The van der Waals surface area contributed by atoms with Crippen molar-refractivity contribution < 1.29 is 4.39 Å². The minimum atomic E-state index is -0.439. The first-order valence-electron chi connectivity index (χ1n) is 8.39. The first-order valence-corrected chi connectivity index (χ1v) is 9.17. The van der Waals surface area contributed by atoms with Gasteiger partial charge in [0.2, 0.25) is 0 Å². The van der Waals surface area contributed by atoms with Crippen molar-refractivity contribution in [1.29, 1.82) is 0 Å². The number of hydrogen-bond donors (Lipinski definition) is 2. The number of nitrogens with one attached hydrogen (secondary N) is 2. The third-order valence-corrected chi connectivity index (χ3v) is 4.92. The van der Waals surface area contributed by atoms with Gasteiger partial charge in [0.15, 0.2) is 5.11 Å². The first kappa shape index (κ1) is 18.0. The standard InChI is InChI=1S/C19H21ClFN3S/c1-13-11-14-5-2-3-6-18(14)24(13)10-4-9-22-19(25)23-15-7-8-17(21)16(20)12-15/h2-3,5-8,12-13H,4,9-11H2,1H3,(H2,22,23,25). The van der Waals surface area contributed by atoms with Crippen LogP contribution in [0.25, 0.3) is 0 Å². The van der Waals surface area contributed by atoms with E-state index in [9.17, 15) is 4.39 Å². The predicted octanol–water partition coefficient (Wildman–Crippen LogP) is 4.61. The van der Waals surface area contributed by atoms with Crippen molar-refractivity contribution in [2.75, 3.05) is 23.3 Å². The smallest absolute Gasteiger partial charge is 0.170 e. The van der Waals surface area contributed by atoms with Crippen molar-refractivity contribution in [3.05, 3.63) is 58.9 Å². The van der Waals surface area contributed by atoms with Crippen molar-refractivity contribution in [3.63, 3.8) is 0 Å². The Kier molecular flexibility index (Phi) is 5.76. The molecule has 1 heterocycles. The summed E-state index contributed by atoms with van der Waals surface area (Å²) in [6.45, 7) is 4.01. The lowest BCUT2D eigenvalue weighted by atomic mass is 10.1. The molecule has 3 nitrogen and oxygen atoms in total. The summed E-state index contributed by atoms with van der Waals surface area (Å²) in [5.41, 5.74) is 3.44. The number of para-hydroxylation sites is 1. The highest BCUT2D eigenvalue weighted by Gasteiger charge is 2.24. The van der Waals surface area contributed by atoms with Crippen LogP contribution < -0.4 is 15.5 Å². The van der Waals surface area contributed by atoms with Gasteiger partial charge in [0, 0.05) is 30.5 Å². The second kappa shape index (κ2) is 8.02. The van der Waals surface area contributed by atoms with Gasteiger partial charge in [0.05, 0.1) is 5.02 Å². The zero-order valence-electron chi connectivity index (χ0n) is 14.1. The molecule has 0 aromatic heterocycles. The first-order chi connectivity index (χ1) is 12.0. The van der Waals surface area contributed by atoms with Crippen LogP contribution in [0, 0.1) is 5.82 Å². The van der Waals surface area contributed by atoms with E-state index in [0.29, 0.717) is 16.8 Å². The van der Waals surface area contributed by atoms with Crippen LogP contribution in [0.15, 0.2) is 42.5 Å². The Bertz CT molecular complexity index is 768. The lowest BCUT2D eigenvalue weighted by Crippen LogP contribution is -2.34. The van der Waals surface area contributed by atoms with Crippen molar-refractivity contribution in [2.45, 2.75) is 25.8 Å². The Labute approximate surface area is 158 Å². The number of thiocarbonyl (C=S) groups is 1. The molecule has 0 radical (unpaired) electrons. The number of anilines is 2. The third-order valence-electron chi connectivity index (χ3n) is 4.39. The quantitative estimate of drug-likeness (QED) is 0.588. The third kappa shape index (κ3) is 4.41. The van der Waals surface area contributed by atoms with Gasteiger partial charge in [-0.3, -0.25) is 0 Å². The van der Waals surface area contributed by atoms with E-state index < -0.39 is 5.82 Å². The van der Waals surface area contributed by atoms with E-state index in [1.165, 1.54) is 23.4 Å². The number of rotatable bonds is 5. The largest absolute Gasteiger partial charge is 0.368 e. The Hall–Kier alpha value is -1.85. The zero-order valence-corrected chi connectivity index (χ0v) is 15.6. The monoisotopic (exact) mass is 377 g/mol. The number of halogens is 2. The van der Waals surface area contributed by atoms with Crippen molar-refractivity contribution in [1.82, 2.24) is 5.32 Å². The van der Waals surface area contributed by atoms with Crippen molar-refractivity contribution >= 4 is 40.3 Å². The molecule has 1 aliphatic heterocycles. The Morgan fingerprint density at radius 3 is 2.92 bits per heavy atom. The lowest BCUT2D eigenvalue weighted by molar-refractivity contribution is 0.628. The molecule has 0 amide bonds. The van der Waals surface area contributed by atoms with Crippen LogP contribution in [0.2, 0.25) is 5.02 Å². The molecule has 6 heteroatoms. The molecule has 0 fully saturated rings. The molecule has 25 heavy (non-hydrogen) atoms. The molecular formula is C19H21ClFN3S. The summed E-state index contributed by atoms with van der Waals surface area (Å²) in [4.78, 5) is 2.45. The average molecular weight is 378 g/mol. The maximum atomic E-state index is 13.2. The molecule has 0 aliphatic carbocycles. The summed E-state index contributed by atoms with van der Waals surface area (Å²) in [5.74, 6) is -0.439. The summed E-state index contributed by atoms with van der Waals surface area (Å²) >= 11 is 11.0. The molecular weight excluding hydrogens is 357 g/mol. The molecule has 0 saturated heterocycles. The summed E-state index contributed by atoms with van der Waals surface area (Å²) in [7, 11) is 0. The molecule has 2 aromatic carbocycles. The van der Waals surface area contributed by atoms with Crippen LogP contribution in [0.3, 0.4) is 0 Å². The fraction of sp³-hybridized carbons (Fsp3) is 0.316. The molecule has 1 unspecified atom stereocenters. The van der Waals surface area contributed by atoms with Crippen LogP contribution in [-0.2, 0) is 6.42 Å². The number of benzene rings is 2. The molecule has 3 rings (SSSR count). The maximum absolute atomic E-state index is 13.2. The Morgan fingerprint density at radius 1 is 1.32 bits per heavy atom. The fourth-order valence-corrected chi connectivity index (χ4v) is 3.57. The fourth-order valence-electron chi connectivity index (χ4n) is 3.17. The molecule has 2 N–H and O–H groups in total. The normalized spacial score (nSPS) is 15.8. The van der Waals surface area contributed by atoms with E-state index in [0.717, 1.165) is 25.9 Å². The second-order valence-electron chi connectivity index (χ2n) is 6.24. The SMILES string of the molecule is CC1Cc2ccccc2N1CCCNC(=S)Nc1ccc(F)c(Cl)c1. The molecule has 2 aromatic rings. The lowest BCUT2D eigenvalue weighted by Gasteiger charge is -2.25. The van der Waals surface area contributed by atoms with Crippen LogP contribution in [0.5, 0.6) is 0 Å². The highest BCUT2D eigenvalue weighted by Crippen LogP contribution is 2.31.